The number of hydrogen-bond acceptors (Lipinski definition) is 4. The lowest BCUT2D eigenvalue weighted by Gasteiger charge is -2.23. The quantitative estimate of drug-likeness (QED) is 0.304. The highest BCUT2D eigenvalue weighted by Crippen LogP contribution is 2.16. The van der Waals surface area contributed by atoms with Crippen LogP contribution in [0.3, 0.4) is 0 Å². The molecule has 2 aromatic carbocycles. The van der Waals surface area contributed by atoms with Crippen molar-refractivity contribution in [2.24, 2.45) is 4.99 Å². The number of nitrogens with zero attached hydrogens (tertiary/aromatic N) is 3. The highest BCUT2D eigenvalue weighted by atomic mass is 16.3. The molecule has 2 rings (SSSR count). The van der Waals surface area contributed by atoms with Crippen molar-refractivity contribution in [1.82, 2.24) is 15.5 Å². The zero-order valence-electron chi connectivity index (χ0n) is 16.1. The molecule has 0 aliphatic rings. The fourth-order valence-corrected chi connectivity index (χ4v) is 2.72. The van der Waals surface area contributed by atoms with E-state index in [1.54, 1.807) is 12.1 Å². The fourth-order valence-electron chi connectivity index (χ4n) is 2.72. The number of aliphatic imine (C=N–C) groups is 1. The van der Waals surface area contributed by atoms with Crippen LogP contribution < -0.4 is 10.6 Å². The maximum absolute atomic E-state index is 9.42. The first-order valence-corrected chi connectivity index (χ1v) is 8.95. The Hall–Kier alpha value is -3.04. The lowest BCUT2D eigenvalue weighted by molar-refractivity contribution is 0.298. The second-order valence-electron chi connectivity index (χ2n) is 6.69. The van der Waals surface area contributed by atoms with E-state index in [-0.39, 0.29) is 17.8 Å². The standard InChI is InChI=1S/C21H27N5O/c1-16(18-9-11-20(27)12-10-18)25-21(24-15-22)23-14-19(26(2)3)13-17-7-5-4-6-8-17/h4-12,16,19,27H,13-14H2,1-3H3,(H2,23,24,25). The van der Waals surface area contributed by atoms with Gasteiger partial charge in [0.15, 0.2) is 6.19 Å². The third-order valence-electron chi connectivity index (χ3n) is 4.43. The number of aromatic hydroxyl groups is 1. The highest BCUT2D eigenvalue weighted by Gasteiger charge is 2.13. The summed E-state index contributed by atoms with van der Waals surface area (Å²) in [5.41, 5.74) is 2.25. The summed E-state index contributed by atoms with van der Waals surface area (Å²) in [5, 5.41) is 24.3. The zero-order chi connectivity index (χ0) is 19.6. The van der Waals surface area contributed by atoms with Gasteiger partial charge in [0.05, 0.1) is 12.6 Å². The first-order chi connectivity index (χ1) is 13.0. The molecular formula is C21H27N5O. The van der Waals surface area contributed by atoms with E-state index >= 15 is 0 Å². The Morgan fingerprint density at radius 2 is 1.81 bits per heavy atom. The summed E-state index contributed by atoms with van der Waals surface area (Å²) in [5.74, 6) is 0.669. The Kier molecular flexibility index (Phi) is 7.65. The molecule has 3 N–H and O–H groups in total. The number of nitrogens with one attached hydrogen (secondary N) is 2. The maximum Gasteiger partial charge on any atom is 0.205 e. The molecule has 6 heteroatoms. The molecule has 27 heavy (non-hydrogen) atoms. The molecular weight excluding hydrogens is 338 g/mol. The number of nitriles is 1. The Bertz CT molecular complexity index is 765. The maximum atomic E-state index is 9.42. The fraction of sp³-hybridized carbons (Fsp3) is 0.333. The number of benzene rings is 2. The summed E-state index contributed by atoms with van der Waals surface area (Å²) >= 11 is 0. The molecule has 0 aromatic heterocycles. The normalized spacial score (nSPS) is 13.7. The summed E-state index contributed by atoms with van der Waals surface area (Å²) in [6.45, 7) is 2.54. The Morgan fingerprint density at radius 3 is 2.41 bits per heavy atom. The van der Waals surface area contributed by atoms with Crippen LogP contribution in [0.1, 0.15) is 24.1 Å². The van der Waals surface area contributed by atoms with E-state index in [0.29, 0.717) is 12.5 Å². The van der Waals surface area contributed by atoms with Crippen molar-refractivity contribution >= 4 is 5.96 Å². The zero-order valence-corrected chi connectivity index (χ0v) is 16.1. The monoisotopic (exact) mass is 365 g/mol. The largest absolute Gasteiger partial charge is 0.508 e. The molecule has 142 valence electrons. The SMILES string of the molecule is CC(NC(=NCC(Cc1ccccc1)N(C)C)NC#N)c1ccc(O)cc1. The Balaban J connectivity index is 2.05. The second kappa shape index (κ2) is 10.2. The molecule has 0 saturated heterocycles. The van der Waals surface area contributed by atoms with Gasteiger partial charge in [-0.05, 0) is 50.7 Å². The first kappa shape index (κ1) is 20.3. The van der Waals surface area contributed by atoms with Crippen molar-refractivity contribution in [2.75, 3.05) is 20.6 Å². The van der Waals surface area contributed by atoms with Crippen LogP contribution in [0, 0.1) is 11.5 Å². The minimum absolute atomic E-state index is 0.0582. The summed E-state index contributed by atoms with van der Waals surface area (Å²) < 4.78 is 0. The van der Waals surface area contributed by atoms with Crippen LogP contribution in [0.25, 0.3) is 0 Å². The number of phenolic OH excluding ortho intramolecular Hbond substituents is 1. The molecule has 6 nitrogen and oxygen atoms in total. The van der Waals surface area contributed by atoms with E-state index in [0.717, 1.165) is 12.0 Å². The van der Waals surface area contributed by atoms with Gasteiger partial charge in [-0.1, -0.05) is 42.5 Å². The molecule has 2 atom stereocenters. The molecule has 0 amide bonds. The molecule has 0 aliphatic carbocycles. The molecule has 0 fully saturated rings. The minimum atomic E-state index is -0.0582. The van der Waals surface area contributed by atoms with Crippen molar-refractivity contribution in [1.29, 1.82) is 5.26 Å². The molecule has 2 unspecified atom stereocenters. The molecule has 0 heterocycles. The van der Waals surface area contributed by atoms with Crippen LogP contribution in [0.2, 0.25) is 0 Å². The van der Waals surface area contributed by atoms with Crippen molar-refractivity contribution in [3.05, 3.63) is 65.7 Å². The van der Waals surface area contributed by atoms with Gasteiger partial charge in [-0.15, -0.1) is 0 Å². The second-order valence-corrected chi connectivity index (χ2v) is 6.69. The first-order valence-electron chi connectivity index (χ1n) is 8.95. The van der Waals surface area contributed by atoms with Gasteiger partial charge in [0.1, 0.15) is 5.75 Å². The van der Waals surface area contributed by atoms with Gasteiger partial charge >= 0.3 is 0 Å². The van der Waals surface area contributed by atoms with Crippen molar-refractivity contribution in [3.8, 4) is 11.9 Å². The third-order valence-corrected chi connectivity index (χ3v) is 4.43. The number of phenols is 1. The average Bonchev–Trinajstić information content (AvgIpc) is 2.66. The summed E-state index contributed by atoms with van der Waals surface area (Å²) in [6.07, 6.45) is 2.82. The molecule has 0 radical (unpaired) electrons. The molecule has 2 aromatic rings. The lowest BCUT2D eigenvalue weighted by atomic mass is 10.1. The number of likely N-dealkylation sites (N-methyl/N-ethyl adjacent to an activating group) is 1. The summed E-state index contributed by atoms with van der Waals surface area (Å²) in [6, 6.07) is 17.4. The van der Waals surface area contributed by atoms with E-state index in [4.69, 9.17) is 5.26 Å². The van der Waals surface area contributed by atoms with Crippen molar-refractivity contribution in [2.45, 2.75) is 25.4 Å². The van der Waals surface area contributed by atoms with Gasteiger partial charge in [0.25, 0.3) is 0 Å². The van der Waals surface area contributed by atoms with Crippen LogP contribution >= 0.6 is 0 Å². The number of rotatable bonds is 7. The van der Waals surface area contributed by atoms with E-state index in [1.807, 2.05) is 57.5 Å². The summed E-state index contributed by atoms with van der Waals surface area (Å²) in [4.78, 5) is 6.74. The third kappa shape index (κ3) is 6.65. The van der Waals surface area contributed by atoms with E-state index < -0.39 is 0 Å². The van der Waals surface area contributed by atoms with Crippen LogP contribution in [-0.2, 0) is 6.42 Å². The average molecular weight is 365 g/mol. The summed E-state index contributed by atoms with van der Waals surface area (Å²) in [7, 11) is 4.07. The van der Waals surface area contributed by atoms with Crippen LogP contribution in [-0.4, -0.2) is 42.6 Å². The van der Waals surface area contributed by atoms with Crippen molar-refractivity contribution < 1.29 is 5.11 Å². The van der Waals surface area contributed by atoms with Gasteiger partial charge in [-0.3, -0.25) is 10.3 Å². The Morgan fingerprint density at radius 1 is 1.15 bits per heavy atom. The van der Waals surface area contributed by atoms with Gasteiger partial charge in [0, 0.05) is 6.04 Å². The van der Waals surface area contributed by atoms with Gasteiger partial charge in [-0.2, -0.15) is 5.26 Å². The van der Waals surface area contributed by atoms with E-state index in [2.05, 4.69) is 32.7 Å². The molecule has 0 spiro atoms. The van der Waals surface area contributed by atoms with Crippen LogP contribution in [0.5, 0.6) is 5.75 Å². The molecule has 0 aliphatic heterocycles. The number of guanidine groups is 1. The topological polar surface area (TPSA) is 83.7 Å². The lowest BCUT2D eigenvalue weighted by Crippen LogP contribution is -2.39. The van der Waals surface area contributed by atoms with Gasteiger partial charge in [-0.25, -0.2) is 0 Å². The molecule has 0 saturated carbocycles. The van der Waals surface area contributed by atoms with E-state index in [1.165, 1.54) is 5.56 Å². The molecule has 0 bridgehead atoms. The van der Waals surface area contributed by atoms with Crippen molar-refractivity contribution in [3.63, 3.8) is 0 Å². The van der Waals surface area contributed by atoms with E-state index in [9.17, 15) is 5.11 Å². The van der Waals surface area contributed by atoms with Gasteiger partial charge in [0.2, 0.25) is 5.96 Å². The minimum Gasteiger partial charge on any atom is -0.508 e. The number of hydrogen-bond donors (Lipinski definition) is 3. The Labute approximate surface area is 161 Å². The van der Waals surface area contributed by atoms with Crippen LogP contribution in [0.15, 0.2) is 59.6 Å². The highest BCUT2D eigenvalue weighted by molar-refractivity contribution is 5.81. The predicted molar refractivity (Wildman–Crippen MR) is 108 cm³/mol. The predicted octanol–water partition coefficient (Wildman–Crippen LogP) is 2.64. The van der Waals surface area contributed by atoms with Crippen LogP contribution in [0.4, 0.5) is 0 Å². The van der Waals surface area contributed by atoms with Gasteiger partial charge < -0.3 is 15.3 Å². The smallest absolute Gasteiger partial charge is 0.205 e.